The van der Waals surface area contributed by atoms with Crippen LogP contribution in [0.25, 0.3) is 0 Å². The molecule has 1 fully saturated rings. The van der Waals surface area contributed by atoms with E-state index < -0.39 is 27.7 Å². The number of benzene rings is 2. The Balaban J connectivity index is 1.83. The Labute approximate surface area is 185 Å². The first-order valence-electron chi connectivity index (χ1n) is 10.1. The van der Waals surface area contributed by atoms with Crippen molar-refractivity contribution >= 4 is 15.9 Å². The first-order chi connectivity index (χ1) is 15.0. The molecule has 1 N–H and O–H groups in total. The van der Waals surface area contributed by atoms with Crippen LogP contribution in [0.4, 0.5) is 13.2 Å². The molecule has 10 heteroatoms. The fourth-order valence-corrected chi connectivity index (χ4v) is 5.26. The van der Waals surface area contributed by atoms with Crippen molar-refractivity contribution in [1.82, 2.24) is 9.62 Å². The number of nitrogens with zero attached hydrogens (tertiary/aromatic N) is 1. The number of sulfonamides is 1. The van der Waals surface area contributed by atoms with Crippen molar-refractivity contribution in [2.75, 3.05) is 14.2 Å². The van der Waals surface area contributed by atoms with E-state index in [0.717, 1.165) is 37.8 Å². The first-order valence-corrected chi connectivity index (χ1v) is 11.6. The monoisotopic (exact) mass is 470 g/mol. The third-order valence-corrected chi connectivity index (χ3v) is 6.94. The van der Waals surface area contributed by atoms with Crippen LogP contribution in [0.2, 0.25) is 0 Å². The molecule has 1 aliphatic rings. The zero-order chi connectivity index (χ0) is 23.5. The van der Waals surface area contributed by atoms with E-state index in [9.17, 15) is 26.4 Å². The maximum atomic E-state index is 12.9. The second-order valence-electron chi connectivity index (χ2n) is 7.83. The van der Waals surface area contributed by atoms with Crippen LogP contribution in [0.15, 0.2) is 47.4 Å². The van der Waals surface area contributed by atoms with Crippen LogP contribution in [-0.4, -0.2) is 39.4 Å². The molecule has 174 valence electrons. The highest BCUT2D eigenvalue weighted by Crippen LogP contribution is 2.30. The van der Waals surface area contributed by atoms with E-state index in [-0.39, 0.29) is 28.8 Å². The molecule has 1 aliphatic carbocycles. The molecule has 32 heavy (non-hydrogen) atoms. The molecule has 0 atom stereocenters. The smallest absolute Gasteiger partial charge is 0.416 e. The fourth-order valence-electron chi connectivity index (χ4n) is 3.76. The number of hydrogen-bond donors (Lipinski definition) is 1. The highest BCUT2D eigenvalue weighted by Gasteiger charge is 2.31. The molecule has 1 amide bonds. The molecule has 0 spiro atoms. The SMILES string of the molecule is COc1ccc(C(=O)N(C)Cc2cccc(C(F)(F)F)c2)cc1S(=O)(=O)NC1CCCC1. The van der Waals surface area contributed by atoms with Gasteiger partial charge < -0.3 is 9.64 Å². The van der Waals surface area contributed by atoms with E-state index in [1.807, 2.05) is 0 Å². The third-order valence-electron chi connectivity index (χ3n) is 5.40. The summed E-state index contributed by atoms with van der Waals surface area (Å²) in [7, 11) is -1.14. The zero-order valence-electron chi connectivity index (χ0n) is 17.8. The molecule has 0 radical (unpaired) electrons. The number of carbonyl (C=O) groups excluding carboxylic acids is 1. The first kappa shape index (κ1) is 24.1. The van der Waals surface area contributed by atoms with Crippen LogP contribution in [0.1, 0.15) is 47.2 Å². The maximum Gasteiger partial charge on any atom is 0.416 e. The number of nitrogens with one attached hydrogen (secondary N) is 1. The summed E-state index contributed by atoms with van der Waals surface area (Å²) >= 11 is 0. The average molecular weight is 471 g/mol. The van der Waals surface area contributed by atoms with Crippen LogP contribution in [-0.2, 0) is 22.7 Å². The molecule has 3 rings (SSSR count). The zero-order valence-corrected chi connectivity index (χ0v) is 18.6. The summed E-state index contributed by atoms with van der Waals surface area (Å²) in [4.78, 5) is 14.0. The number of amides is 1. The van der Waals surface area contributed by atoms with Crippen LogP contribution in [0, 0.1) is 0 Å². The topological polar surface area (TPSA) is 75.7 Å². The maximum absolute atomic E-state index is 12.9. The predicted octanol–water partition coefficient (Wildman–Crippen LogP) is 4.21. The quantitative estimate of drug-likeness (QED) is 0.658. The highest BCUT2D eigenvalue weighted by atomic mass is 32.2. The minimum atomic E-state index is -4.48. The van der Waals surface area contributed by atoms with Crippen LogP contribution < -0.4 is 9.46 Å². The number of hydrogen-bond acceptors (Lipinski definition) is 4. The molecule has 0 saturated heterocycles. The van der Waals surface area contributed by atoms with E-state index in [1.54, 1.807) is 0 Å². The van der Waals surface area contributed by atoms with Gasteiger partial charge in [0.25, 0.3) is 5.91 Å². The normalized spacial score (nSPS) is 15.0. The van der Waals surface area contributed by atoms with E-state index in [0.29, 0.717) is 5.56 Å². The van der Waals surface area contributed by atoms with Gasteiger partial charge in [-0.25, -0.2) is 13.1 Å². The Morgan fingerprint density at radius 1 is 1.16 bits per heavy atom. The second-order valence-corrected chi connectivity index (χ2v) is 9.51. The molecule has 1 saturated carbocycles. The summed E-state index contributed by atoms with van der Waals surface area (Å²) in [6.07, 6.45) is -1.09. The number of alkyl halides is 3. The Bertz CT molecular complexity index is 1080. The van der Waals surface area contributed by atoms with Gasteiger partial charge in [-0.3, -0.25) is 4.79 Å². The lowest BCUT2D eigenvalue weighted by Gasteiger charge is -2.20. The lowest BCUT2D eigenvalue weighted by atomic mass is 10.1. The van der Waals surface area contributed by atoms with Crippen LogP contribution >= 0.6 is 0 Å². The van der Waals surface area contributed by atoms with Gasteiger partial charge in [0.2, 0.25) is 10.0 Å². The van der Waals surface area contributed by atoms with Gasteiger partial charge in [-0.05, 0) is 48.7 Å². The largest absolute Gasteiger partial charge is 0.495 e. The number of ether oxygens (including phenoxy) is 1. The summed E-state index contributed by atoms with van der Waals surface area (Å²) in [5.41, 5.74) is -0.404. The predicted molar refractivity (Wildman–Crippen MR) is 113 cm³/mol. The molecule has 0 heterocycles. The summed E-state index contributed by atoms with van der Waals surface area (Å²) in [5, 5.41) is 0. The van der Waals surface area contributed by atoms with Gasteiger partial charge >= 0.3 is 6.18 Å². The van der Waals surface area contributed by atoms with Gasteiger partial charge in [0.1, 0.15) is 10.6 Å². The molecule has 6 nitrogen and oxygen atoms in total. The Kier molecular flexibility index (Phi) is 7.14. The second kappa shape index (κ2) is 9.50. The highest BCUT2D eigenvalue weighted by molar-refractivity contribution is 7.89. The van der Waals surface area contributed by atoms with Crippen molar-refractivity contribution in [3.05, 3.63) is 59.2 Å². The molecule has 2 aromatic carbocycles. The molecule has 0 aliphatic heterocycles. The molecule has 2 aromatic rings. The Morgan fingerprint density at radius 2 is 1.84 bits per heavy atom. The molecule has 0 aromatic heterocycles. The summed E-state index contributed by atoms with van der Waals surface area (Å²) in [6.45, 7) is -0.0722. The number of carbonyl (C=O) groups is 1. The van der Waals surface area contributed by atoms with Crippen molar-refractivity contribution in [2.24, 2.45) is 0 Å². The van der Waals surface area contributed by atoms with Gasteiger partial charge in [-0.1, -0.05) is 25.0 Å². The van der Waals surface area contributed by atoms with Gasteiger partial charge in [0.05, 0.1) is 12.7 Å². The van der Waals surface area contributed by atoms with Crippen LogP contribution in [0.5, 0.6) is 5.75 Å². The lowest BCUT2D eigenvalue weighted by molar-refractivity contribution is -0.137. The lowest BCUT2D eigenvalue weighted by Crippen LogP contribution is -2.33. The number of methoxy groups -OCH3 is 1. The number of halogens is 3. The summed E-state index contributed by atoms with van der Waals surface area (Å²) < 4.78 is 72.5. The van der Waals surface area contributed by atoms with E-state index in [1.165, 1.54) is 49.4 Å². The van der Waals surface area contributed by atoms with Gasteiger partial charge in [-0.2, -0.15) is 13.2 Å². The van der Waals surface area contributed by atoms with Crippen molar-refractivity contribution in [3.8, 4) is 5.75 Å². The van der Waals surface area contributed by atoms with Crippen molar-refractivity contribution in [1.29, 1.82) is 0 Å². The molecule has 0 bridgehead atoms. The van der Waals surface area contributed by atoms with Crippen molar-refractivity contribution < 1.29 is 31.1 Å². The average Bonchev–Trinajstić information content (AvgIpc) is 3.24. The molecular formula is C22H25F3N2O4S. The van der Waals surface area contributed by atoms with Crippen LogP contribution in [0.3, 0.4) is 0 Å². The van der Waals surface area contributed by atoms with Gasteiger partial charge in [0.15, 0.2) is 0 Å². The van der Waals surface area contributed by atoms with Crippen molar-refractivity contribution in [3.63, 3.8) is 0 Å². The standard InChI is InChI=1S/C22H25F3N2O4S/c1-27(14-15-6-5-7-17(12-15)22(23,24)25)21(28)16-10-11-19(31-2)20(13-16)32(29,30)26-18-8-3-4-9-18/h5-7,10-13,18,26H,3-4,8-9,14H2,1-2H3. The fraction of sp³-hybridized carbons (Fsp3) is 0.409. The third kappa shape index (κ3) is 5.60. The minimum absolute atomic E-state index is 0.0722. The molecular weight excluding hydrogens is 445 g/mol. The summed E-state index contributed by atoms with van der Waals surface area (Å²) in [6, 6.07) is 8.63. The van der Waals surface area contributed by atoms with E-state index >= 15 is 0 Å². The Hall–Kier alpha value is -2.59. The van der Waals surface area contributed by atoms with E-state index in [4.69, 9.17) is 4.74 Å². The molecule has 0 unspecified atom stereocenters. The van der Waals surface area contributed by atoms with E-state index in [2.05, 4.69) is 4.72 Å². The van der Waals surface area contributed by atoms with Gasteiger partial charge in [0, 0.05) is 25.2 Å². The minimum Gasteiger partial charge on any atom is -0.495 e. The number of rotatable bonds is 7. The van der Waals surface area contributed by atoms with Gasteiger partial charge in [-0.15, -0.1) is 0 Å². The Morgan fingerprint density at radius 3 is 2.47 bits per heavy atom. The summed E-state index contributed by atoms with van der Waals surface area (Å²) in [5.74, 6) is -0.421. The van der Waals surface area contributed by atoms with Crippen molar-refractivity contribution in [2.45, 2.75) is 49.3 Å².